The monoisotopic (exact) mass is 470 g/mol. The highest BCUT2D eigenvalue weighted by Gasteiger charge is 2.31. The Kier molecular flexibility index (Phi) is 13.4. The Morgan fingerprint density at radius 1 is 0.824 bits per heavy atom. The molecule has 0 fully saturated rings. The van der Waals surface area contributed by atoms with E-state index in [9.17, 15) is 10.1 Å². The Hall–Kier alpha value is -2.37. The van der Waals surface area contributed by atoms with Crippen LogP contribution < -0.4 is 4.74 Å². The summed E-state index contributed by atoms with van der Waals surface area (Å²) in [5.41, 5.74) is 3.35. The minimum absolute atomic E-state index is 0.156. The summed E-state index contributed by atoms with van der Waals surface area (Å²) in [6.45, 7) is 6.70. The van der Waals surface area contributed by atoms with Gasteiger partial charge in [0.05, 0.1) is 5.92 Å². The Balaban J connectivity index is 1.89. The minimum Gasteiger partial charge on any atom is -0.490 e. The maximum atomic E-state index is 13.0. The van der Waals surface area contributed by atoms with Gasteiger partial charge in [0.25, 0.3) is 0 Å². The molecule has 0 heterocycles. The van der Waals surface area contributed by atoms with Gasteiger partial charge in [-0.25, -0.2) is 4.89 Å². The van der Waals surface area contributed by atoms with E-state index in [0.717, 1.165) is 41.7 Å². The molecular formula is C29H42O5. The van der Waals surface area contributed by atoms with Gasteiger partial charge >= 0.3 is 5.97 Å². The van der Waals surface area contributed by atoms with Crippen LogP contribution >= 0.6 is 0 Å². The van der Waals surface area contributed by atoms with Crippen LogP contribution in [-0.2, 0) is 20.8 Å². The first-order valence-electron chi connectivity index (χ1n) is 12.7. The quantitative estimate of drug-likeness (QED) is 0.116. The number of carbonyl (C=O) groups excluding carboxylic acids is 1. The molecule has 0 bridgehead atoms. The lowest BCUT2D eigenvalue weighted by atomic mass is 9.90. The molecular weight excluding hydrogens is 428 g/mol. The molecule has 0 aliphatic rings. The van der Waals surface area contributed by atoms with Crippen LogP contribution in [0.25, 0.3) is 0 Å². The van der Waals surface area contributed by atoms with Crippen molar-refractivity contribution in [3.63, 3.8) is 0 Å². The molecule has 2 rings (SSSR count). The molecule has 0 radical (unpaired) electrons. The van der Waals surface area contributed by atoms with Crippen LogP contribution in [0.1, 0.15) is 75.0 Å². The number of hydrogen-bond donors (Lipinski definition) is 1. The number of aryl methyl sites for hydroxylation is 2. The van der Waals surface area contributed by atoms with Gasteiger partial charge in [0, 0.05) is 6.42 Å². The van der Waals surface area contributed by atoms with Crippen LogP contribution in [0.15, 0.2) is 48.5 Å². The normalized spacial score (nSPS) is 12.8. The van der Waals surface area contributed by atoms with Gasteiger partial charge in [-0.15, -0.1) is 0 Å². The number of hydrogen-bond acceptors (Lipinski definition) is 5. The Morgan fingerprint density at radius 2 is 1.41 bits per heavy atom. The van der Waals surface area contributed by atoms with Crippen LogP contribution in [0.3, 0.4) is 0 Å². The molecule has 0 aliphatic heterocycles. The smallest absolute Gasteiger partial charge is 0.311 e. The fraction of sp³-hybridized carbons (Fsp3) is 0.552. The number of benzene rings is 2. The summed E-state index contributed by atoms with van der Waals surface area (Å²) in [6.07, 6.45) is 8.55. The summed E-state index contributed by atoms with van der Waals surface area (Å²) in [7, 11) is 0. The molecule has 1 N–H and O–H groups in total. The summed E-state index contributed by atoms with van der Waals surface area (Å²) in [4.78, 5) is 17.8. The maximum absolute atomic E-state index is 13.0. The van der Waals surface area contributed by atoms with Gasteiger partial charge in [-0.3, -0.25) is 10.1 Å². The van der Waals surface area contributed by atoms with Crippen molar-refractivity contribution in [3.05, 3.63) is 65.2 Å². The van der Waals surface area contributed by atoms with Crippen LogP contribution in [0.4, 0.5) is 0 Å². The SMILES string of the molecule is CCCCCCCCCC(C(=O)OCCOc1ccc(C)cc1)C(Cc1ccc(C)cc1)OO. The summed E-state index contributed by atoms with van der Waals surface area (Å²) in [5.74, 6) is -0.122. The number of unbranched alkanes of at least 4 members (excludes halogenated alkanes) is 6. The van der Waals surface area contributed by atoms with Crippen LogP contribution in [0, 0.1) is 19.8 Å². The molecule has 2 unspecified atom stereocenters. The average molecular weight is 471 g/mol. The van der Waals surface area contributed by atoms with Gasteiger partial charge in [0.2, 0.25) is 0 Å². The minimum atomic E-state index is -0.645. The fourth-order valence-corrected chi connectivity index (χ4v) is 4.03. The van der Waals surface area contributed by atoms with E-state index >= 15 is 0 Å². The molecule has 5 heteroatoms. The Labute approximate surface area is 205 Å². The van der Waals surface area contributed by atoms with E-state index < -0.39 is 12.0 Å². The van der Waals surface area contributed by atoms with Crippen molar-refractivity contribution >= 4 is 5.97 Å². The van der Waals surface area contributed by atoms with E-state index in [1.807, 2.05) is 62.4 Å². The van der Waals surface area contributed by atoms with Gasteiger partial charge in [-0.05, 0) is 38.0 Å². The zero-order valence-electron chi connectivity index (χ0n) is 21.1. The second kappa shape index (κ2) is 16.3. The molecule has 0 saturated heterocycles. The summed E-state index contributed by atoms with van der Waals surface area (Å²) in [5, 5.41) is 9.67. The van der Waals surface area contributed by atoms with E-state index in [1.165, 1.54) is 25.7 Å². The largest absolute Gasteiger partial charge is 0.490 e. The third kappa shape index (κ3) is 10.7. The Bertz CT molecular complexity index is 800. The highest BCUT2D eigenvalue weighted by molar-refractivity contribution is 5.73. The number of carbonyl (C=O) groups is 1. The maximum Gasteiger partial charge on any atom is 0.311 e. The van der Waals surface area contributed by atoms with Gasteiger partial charge in [-0.2, -0.15) is 0 Å². The van der Waals surface area contributed by atoms with Crippen molar-refractivity contribution in [3.8, 4) is 5.75 Å². The van der Waals surface area contributed by atoms with E-state index in [2.05, 4.69) is 6.92 Å². The van der Waals surface area contributed by atoms with Gasteiger partial charge in [0.1, 0.15) is 25.1 Å². The lowest BCUT2D eigenvalue weighted by Gasteiger charge is -2.23. The van der Waals surface area contributed by atoms with Gasteiger partial charge in [0.15, 0.2) is 0 Å². The molecule has 2 aromatic carbocycles. The van der Waals surface area contributed by atoms with Crippen LogP contribution in [0.2, 0.25) is 0 Å². The van der Waals surface area contributed by atoms with E-state index in [-0.39, 0.29) is 19.2 Å². The van der Waals surface area contributed by atoms with Crippen molar-refractivity contribution in [1.29, 1.82) is 0 Å². The molecule has 5 nitrogen and oxygen atoms in total. The number of rotatable bonds is 17. The molecule has 2 atom stereocenters. The van der Waals surface area contributed by atoms with E-state index in [1.54, 1.807) is 0 Å². The number of ether oxygens (including phenoxy) is 2. The van der Waals surface area contributed by atoms with Crippen molar-refractivity contribution in [2.24, 2.45) is 5.92 Å². The van der Waals surface area contributed by atoms with Gasteiger partial charge in [-0.1, -0.05) is 99.4 Å². The third-order valence-corrected chi connectivity index (χ3v) is 6.18. The lowest BCUT2D eigenvalue weighted by molar-refractivity contribution is -0.290. The lowest BCUT2D eigenvalue weighted by Crippen LogP contribution is -2.34. The second-order valence-corrected chi connectivity index (χ2v) is 9.18. The average Bonchev–Trinajstić information content (AvgIpc) is 2.84. The predicted octanol–water partition coefficient (Wildman–Crippen LogP) is 7.08. The standard InChI is InChI=1S/C29H42O5/c1-4-5-6-7-8-9-10-11-27(28(34-31)22-25-16-12-23(2)13-17-25)29(30)33-21-20-32-26-18-14-24(3)15-19-26/h12-19,27-28,31H,4-11,20-22H2,1-3H3. The van der Waals surface area contributed by atoms with Crippen molar-refractivity contribution < 1.29 is 24.4 Å². The highest BCUT2D eigenvalue weighted by atomic mass is 17.1. The molecule has 0 amide bonds. The summed E-state index contributed by atoms with van der Waals surface area (Å²) in [6, 6.07) is 15.8. The summed E-state index contributed by atoms with van der Waals surface area (Å²) >= 11 is 0. The first-order valence-corrected chi connectivity index (χ1v) is 12.7. The molecule has 34 heavy (non-hydrogen) atoms. The second-order valence-electron chi connectivity index (χ2n) is 9.18. The van der Waals surface area contributed by atoms with Crippen molar-refractivity contribution in [1.82, 2.24) is 0 Å². The molecule has 2 aromatic rings. The van der Waals surface area contributed by atoms with Crippen LogP contribution in [0.5, 0.6) is 5.75 Å². The molecule has 0 aromatic heterocycles. The zero-order chi connectivity index (χ0) is 24.6. The van der Waals surface area contributed by atoms with E-state index in [0.29, 0.717) is 12.8 Å². The van der Waals surface area contributed by atoms with Crippen LogP contribution in [-0.4, -0.2) is 30.5 Å². The molecule has 0 spiro atoms. The molecule has 0 aliphatic carbocycles. The number of esters is 1. The fourth-order valence-electron chi connectivity index (χ4n) is 4.03. The molecule has 0 saturated carbocycles. The molecule has 188 valence electrons. The van der Waals surface area contributed by atoms with Crippen molar-refractivity contribution in [2.75, 3.05) is 13.2 Å². The van der Waals surface area contributed by atoms with E-state index in [4.69, 9.17) is 14.4 Å². The highest BCUT2D eigenvalue weighted by Crippen LogP contribution is 2.23. The zero-order valence-corrected chi connectivity index (χ0v) is 21.1. The van der Waals surface area contributed by atoms with Crippen molar-refractivity contribution in [2.45, 2.75) is 84.7 Å². The first kappa shape index (κ1) is 27.9. The Morgan fingerprint density at radius 3 is 2.03 bits per heavy atom. The summed E-state index contributed by atoms with van der Waals surface area (Å²) < 4.78 is 11.2. The topological polar surface area (TPSA) is 65.0 Å². The predicted molar refractivity (Wildman–Crippen MR) is 136 cm³/mol. The third-order valence-electron chi connectivity index (χ3n) is 6.18. The first-order chi connectivity index (χ1) is 16.5. The van der Waals surface area contributed by atoms with Gasteiger partial charge < -0.3 is 9.47 Å².